The van der Waals surface area contributed by atoms with E-state index in [1.54, 1.807) is 17.8 Å². The number of nitrogens with one attached hydrogen (secondary N) is 2. The van der Waals surface area contributed by atoms with Crippen LogP contribution in [-0.2, 0) is 4.74 Å². The van der Waals surface area contributed by atoms with Crippen molar-refractivity contribution in [3.05, 3.63) is 24.0 Å². The molecule has 2 N–H and O–H groups in total. The number of nitrogens with zero attached hydrogens (tertiary/aromatic N) is 4. The lowest BCUT2D eigenvalue weighted by Gasteiger charge is -2.28. The molecule has 0 bridgehead atoms. The summed E-state index contributed by atoms with van der Waals surface area (Å²) in [5.41, 5.74) is 1.05. The van der Waals surface area contributed by atoms with Crippen LogP contribution in [0.25, 0.3) is 5.65 Å². The molecule has 1 atom stereocenters. The minimum atomic E-state index is -0.186. The van der Waals surface area contributed by atoms with Gasteiger partial charge >= 0.3 is 0 Å². The molecule has 3 heterocycles. The van der Waals surface area contributed by atoms with Gasteiger partial charge in [0.1, 0.15) is 11.4 Å². The molecule has 3 rings (SSSR count). The van der Waals surface area contributed by atoms with Crippen LogP contribution >= 0.6 is 0 Å². The summed E-state index contributed by atoms with van der Waals surface area (Å²) in [5, 5.41) is 10.4. The summed E-state index contributed by atoms with van der Waals surface area (Å²) in [7, 11) is 1.62. The number of ether oxygens (including phenoxy) is 1. The van der Waals surface area contributed by atoms with E-state index >= 15 is 0 Å². The molecule has 1 aliphatic heterocycles. The summed E-state index contributed by atoms with van der Waals surface area (Å²) in [6, 6.07) is 1.93. The van der Waals surface area contributed by atoms with Crippen LogP contribution in [0.3, 0.4) is 0 Å². The normalized spacial score (nSPS) is 16.5. The highest BCUT2D eigenvalue weighted by atomic mass is 16.5. The first-order chi connectivity index (χ1) is 11.2. The average molecular weight is 318 g/mol. The van der Waals surface area contributed by atoms with Crippen LogP contribution in [0.2, 0.25) is 0 Å². The number of hydrogen-bond donors (Lipinski definition) is 2. The molecule has 0 saturated carbocycles. The number of rotatable bonds is 5. The van der Waals surface area contributed by atoms with Crippen molar-refractivity contribution < 1.29 is 9.53 Å². The smallest absolute Gasteiger partial charge is 0.256 e. The molecule has 2 aromatic rings. The van der Waals surface area contributed by atoms with Gasteiger partial charge in [-0.15, -0.1) is 0 Å². The quantitative estimate of drug-likeness (QED) is 0.801. The molecule has 1 aliphatic rings. The fourth-order valence-electron chi connectivity index (χ4n) is 2.50. The highest BCUT2D eigenvalue weighted by Crippen LogP contribution is 2.15. The Hall–Kier alpha value is -2.19. The highest BCUT2D eigenvalue weighted by Gasteiger charge is 2.17. The van der Waals surface area contributed by atoms with Crippen molar-refractivity contribution in [3.8, 4) is 0 Å². The molecule has 2 aromatic heterocycles. The van der Waals surface area contributed by atoms with Crippen LogP contribution < -0.4 is 15.5 Å². The summed E-state index contributed by atoms with van der Waals surface area (Å²) in [6.07, 6.45) is 3.36. The van der Waals surface area contributed by atoms with E-state index in [4.69, 9.17) is 4.74 Å². The second-order valence-corrected chi connectivity index (χ2v) is 5.61. The van der Waals surface area contributed by atoms with Crippen LogP contribution in [0.15, 0.2) is 18.5 Å². The first-order valence-corrected chi connectivity index (χ1v) is 7.80. The van der Waals surface area contributed by atoms with Crippen LogP contribution in [0.5, 0.6) is 0 Å². The number of aromatic nitrogens is 3. The van der Waals surface area contributed by atoms with Gasteiger partial charge in [-0.05, 0) is 13.0 Å². The van der Waals surface area contributed by atoms with Crippen LogP contribution in [0.4, 0.5) is 5.82 Å². The number of piperazine rings is 1. The molecule has 1 saturated heterocycles. The van der Waals surface area contributed by atoms with Gasteiger partial charge in [0.2, 0.25) is 0 Å². The maximum Gasteiger partial charge on any atom is 0.256 e. The Bertz CT molecular complexity index is 680. The number of amides is 1. The highest BCUT2D eigenvalue weighted by molar-refractivity contribution is 5.99. The largest absolute Gasteiger partial charge is 0.380 e. The van der Waals surface area contributed by atoms with Gasteiger partial charge in [0.05, 0.1) is 12.3 Å². The Balaban J connectivity index is 1.81. The molecular weight excluding hydrogens is 296 g/mol. The van der Waals surface area contributed by atoms with Crippen molar-refractivity contribution >= 4 is 17.4 Å². The standard InChI is InChI=1S/C15H22N6O2/c1-11(23-2)9-17-15(22)12-10-18-21-6-3-13(19-14(12)21)20-7-4-16-5-8-20/h3,6,10-11,16H,4-5,7-9H2,1-2H3,(H,17,22). The van der Waals surface area contributed by atoms with Gasteiger partial charge in [0.15, 0.2) is 5.65 Å². The molecule has 0 aliphatic carbocycles. The first kappa shape index (κ1) is 15.7. The lowest BCUT2D eigenvalue weighted by atomic mass is 10.3. The third kappa shape index (κ3) is 3.43. The number of methoxy groups -OCH3 is 1. The molecule has 124 valence electrons. The Morgan fingerprint density at radius 2 is 2.26 bits per heavy atom. The monoisotopic (exact) mass is 318 g/mol. The zero-order valence-corrected chi connectivity index (χ0v) is 13.5. The van der Waals surface area contributed by atoms with Gasteiger partial charge in [-0.1, -0.05) is 0 Å². The summed E-state index contributed by atoms with van der Waals surface area (Å²) in [6.45, 7) is 6.04. The maximum atomic E-state index is 12.3. The van der Waals surface area contributed by atoms with Gasteiger partial charge in [0.25, 0.3) is 5.91 Å². The lowest BCUT2D eigenvalue weighted by molar-refractivity contribution is 0.0871. The minimum Gasteiger partial charge on any atom is -0.380 e. The fraction of sp³-hybridized carbons (Fsp3) is 0.533. The first-order valence-electron chi connectivity index (χ1n) is 7.80. The van der Waals surface area contributed by atoms with Gasteiger partial charge in [-0.3, -0.25) is 4.79 Å². The van der Waals surface area contributed by atoms with Crippen LogP contribution in [0, 0.1) is 0 Å². The summed E-state index contributed by atoms with van der Waals surface area (Å²) in [4.78, 5) is 19.2. The molecule has 0 radical (unpaired) electrons. The Kier molecular flexibility index (Phi) is 4.73. The second-order valence-electron chi connectivity index (χ2n) is 5.61. The predicted octanol–water partition coefficient (Wildman–Crippen LogP) is -0.0964. The molecule has 0 spiro atoms. The number of fused-ring (bicyclic) bond motifs is 1. The molecular formula is C15H22N6O2. The number of carbonyl (C=O) groups is 1. The second kappa shape index (κ2) is 6.93. The van der Waals surface area contributed by atoms with Gasteiger partial charge < -0.3 is 20.3 Å². The zero-order valence-electron chi connectivity index (χ0n) is 13.5. The zero-order chi connectivity index (χ0) is 16.2. The van der Waals surface area contributed by atoms with Crippen molar-refractivity contribution in [1.82, 2.24) is 25.2 Å². The maximum absolute atomic E-state index is 12.3. The summed E-state index contributed by atoms with van der Waals surface area (Å²) in [5.74, 6) is 0.688. The summed E-state index contributed by atoms with van der Waals surface area (Å²) < 4.78 is 6.77. The molecule has 8 heteroatoms. The summed E-state index contributed by atoms with van der Waals surface area (Å²) >= 11 is 0. The topological polar surface area (TPSA) is 83.8 Å². The van der Waals surface area contributed by atoms with Crippen LogP contribution in [-0.4, -0.2) is 66.4 Å². The third-order valence-corrected chi connectivity index (χ3v) is 3.99. The van der Waals surface area contributed by atoms with E-state index in [0.29, 0.717) is 17.8 Å². The average Bonchev–Trinajstić information content (AvgIpc) is 3.03. The van der Waals surface area contributed by atoms with E-state index in [0.717, 1.165) is 32.0 Å². The van der Waals surface area contributed by atoms with Crippen molar-refractivity contribution in [2.45, 2.75) is 13.0 Å². The van der Waals surface area contributed by atoms with E-state index in [1.807, 2.05) is 19.2 Å². The van der Waals surface area contributed by atoms with Crippen molar-refractivity contribution in [2.75, 3.05) is 44.7 Å². The molecule has 23 heavy (non-hydrogen) atoms. The predicted molar refractivity (Wildman–Crippen MR) is 86.9 cm³/mol. The molecule has 8 nitrogen and oxygen atoms in total. The number of anilines is 1. The molecule has 1 fully saturated rings. The SMILES string of the molecule is COC(C)CNC(=O)c1cnn2ccc(N3CCNCC3)nc12. The van der Waals surface area contributed by atoms with Gasteiger partial charge in [-0.2, -0.15) is 5.10 Å². The third-order valence-electron chi connectivity index (χ3n) is 3.99. The van der Waals surface area contributed by atoms with E-state index in [2.05, 4.69) is 25.6 Å². The van der Waals surface area contributed by atoms with E-state index < -0.39 is 0 Å². The number of carbonyl (C=O) groups excluding carboxylic acids is 1. The molecule has 0 aromatic carbocycles. The number of hydrogen-bond acceptors (Lipinski definition) is 6. The van der Waals surface area contributed by atoms with Crippen molar-refractivity contribution in [1.29, 1.82) is 0 Å². The fourth-order valence-corrected chi connectivity index (χ4v) is 2.50. The van der Waals surface area contributed by atoms with Gasteiger partial charge in [-0.25, -0.2) is 9.50 Å². The van der Waals surface area contributed by atoms with E-state index in [1.165, 1.54) is 0 Å². The van der Waals surface area contributed by atoms with E-state index in [-0.39, 0.29) is 12.0 Å². The van der Waals surface area contributed by atoms with Gasteiger partial charge in [0, 0.05) is 46.0 Å². The molecule has 1 amide bonds. The van der Waals surface area contributed by atoms with E-state index in [9.17, 15) is 4.79 Å². The molecule has 1 unspecified atom stereocenters. The Morgan fingerprint density at radius 1 is 1.48 bits per heavy atom. The Labute approximate surface area is 134 Å². The Morgan fingerprint density at radius 3 is 3.00 bits per heavy atom. The lowest BCUT2D eigenvalue weighted by Crippen LogP contribution is -2.43. The van der Waals surface area contributed by atoms with Crippen molar-refractivity contribution in [2.24, 2.45) is 0 Å². The minimum absolute atomic E-state index is 0.0369. The van der Waals surface area contributed by atoms with Crippen LogP contribution in [0.1, 0.15) is 17.3 Å². The van der Waals surface area contributed by atoms with Crippen molar-refractivity contribution in [3.63, 3.8) is 0 Å².